The zero-order valence-electron chi connectivity index (χ0n) is 10.4. The lowest BCUT2D eigenvalue weighted by atomic mass is 10.1. The SMILES string of the molecule is CC(NC(=O)c1ccc(Br)cc1S)c1ccccc1. The number of carbonyl (C=O) groups is 1. The Balaban J connectivity index is 2.13. The van der Waals surface area contributed by atoms with Gasteiger partial charge in [0.25, 0.3) is 5.91 Å². The lowest BCUT2D eigenvalue weighted by Gasteiger charge is -2.15. The van der Waals surface area contributed by atoms with Gasteiger partial charge in [-0.1, -0.05) is 46.3 Å². The van der Waals surface area contributed by atoms with Gasteiger partial charge in [0.2, 0.25) is 0 Å². The average Bonchev–Trinajstić information content (AvgIpc) is 2.39. The summed E-state index contributed by atoms with van der Waals surface area (Å²) in [6.45, 7) is 1.96. The molecule has 0 aliphatic carbocycles. The van der Waals surface area contributed by atoms with E-state index in [1.807, 2.05) is 49.4 Å². The van der Waals surface area contributed by atoms with Gasteiger partial charge in [0.15, 0.2) is 0 Å². The highest BCUT2D eigenvalue weighted by Gasteiger charge is 2.13. The summed E-state index contributed by atoms with van der Waals surface area (Å²) in [6.07, 6.45) is 0. The molecule has 0 saturated heterocycles. The van der Waals surface area contributed by atoms with Gasteiger partial charge in [-0.05, 0) is 30.7 Å². The first-order valence-corrected chi connectivity index (χ1v) is 7.16. The van der Waals surface area contributed by atoms with Gasteiger partial charge in [0.1, 0.15) is 0 Å². The first-order chi connectivity index (χ1) is 9.08. The number of rotatable bonds is 3. The van der Waals surface area contributed by atoms with E-state index in [9.17, 15) is 4.79 Å². The minimum Gasteiger partial charge on any atom is -0.345 e. The minimum absolute atomic E-state index is 0.0370. The van der Waals surface area contributed by atoms with Crippen molar-refractivity contribution in [3.8, 4) is 0 Å². The monoisotopic (exact) mass is 335 g/mol. The molecule has 0 aromatic heterocycles. The van der Waals surface area contributed by atoms with Crippen molar-refractivity contribution in [2.45, 2.75) is 17.9 Å². The average molecular weight is 336 g/mol. The number of thiol groups is 1. The van der Waals surface area contributed by atoms with Crippen LogP contribution in [0.5, 0.6) is 0 Å². The minimum atomic E-state index is -0.117. The summed E-state index contributed by atoms with van der Waals surface area (Å²) in [4.78, 5) is 12.8. The second-order valence-electron chi connectivity index (χ2n) is 4.27. The summed E-state index contributed by atoms with van der Waals surface area (Å²) in [5, 5.41) is 2.97. The van der Waals surface area contributed by atoms with E-state index < -0.39 is 0 Å². The Morgan fingerprint density at radius 2 is 1.89 bits per heavy atom. The molecule has 2 nitrogen and oxygen atoms in total. The van der Waals surface area contributed by atoms with Gasteiger partial charge in [-0.15, -0.1) is 12.6 Å². The largest absolute Gasteiger partial charge is 0.345 e. The van der Waals surface area contributed by atoms with Gasteiger partial charge in [0, 0.05) is 9.37 Å². The van der Waals surface area contributed by atoms with Crippen LogP contribution < -0.4 is 5.32 Å². The van der Waals surface area contributed by atoms with Crippen LogP contribution in [0.3, 0.4) is 0 Å². The summed E-state index contributed by atoms with van der Waals surface area (Å²) in [7, 11) is 0. The number of halogens is 1. The first kappa shape index (κ1) is 14.2. The van der Waals surface area contributed by atoms with Gasteiger partial charge in [0.05, 0.1) is 11.6 Å². The van der Waals surface area contributed by atoms with Crippen molar-refractivity contribution in [1.82, 2.24) is 5.32 Å². The van der Waals surface area contributed by atoms with Crippen molar-refractivity contribution in [2.75, 3.05) is 0 Å². The van der Waals surface area contributed by atoms with E-state index in [1.165, 1.54) is 0 Å². The fraction of sp³-hybridized carbons (Fsp3) is 0.133. The molecule has 2 aromatic rings. The fourth-order valence-electron chi connectivity index (χ4n) is 1.80. The molecule has 0 saturated carbocycles. The summed E-state index contributed by atoms with van der Waals surface area (Å²) in [6, 6.07) is 15.2. The molecule has 0 aliphatic heterocycles. The van der Waals surface area contributed by atoms with Crippen LogP contribution in [0, 0.1) is 0 Å². The predicted molar refractivity (Wildman–Crippen MR) is 83.7 cm³/mol. The normalized spacial score (nSPS) is 11.9. The number of benzene rings is 2. The van der Waals surface area contributed by atoms with Crippen molar-refractivity contribution in [2.24, 2.45) is 0 Å². The van der Waals surface area contributed by atoms with Crippen LogP contribution in [0.25, 0.3) is 0 Å². The van der Waals surface area contributed by atoms with E-state index in [0.29, 0.717) is 10.5 Å². The Morgan fingerprint density at radius 1 is 1.21 bits per heavy atom. The quantitative estimate of drug-likeness (QED) is 0.807. The molecule has 98 valence electrons. The highest BCUT2D eigenvalue weighted by molar-refractivity contribution is 9.10. The number of hydrogen-bond acceptors (Lipinski definition) is 2. The van der Waals surface area contributed by atoms with E-state index in [0.717, 1.165) is 10.0 Å². The van der Waals surface area contributed by atoms with Crippen LogP contribution in [-0.4, -0.2) is 5.91 Å². The van der Waals surface area contributed by atoms with E-state index in [1.54, 1.807) is 6.07 Å². The van der Waals surface area contributed by atoms with Gasteiger partial charge in [-0.25, -0.2) is 0 Å². The molecular weight excluding hydrogens is 322 g/mol. The van der Waals surface area contributed by atoms with E-state index >= 15 is 0 Å². The molecule has 0 radical (unpaired) electrons. The molecular formula is C15H14BrNOS. The molecule has 0 heterocycles. The van der Waals surface area contributed by atoms with Crippen LogP contribution in [-0.2, 0) is 0 Å². The predicted octanol–water partition coefficient (Wildman–Crippen LogP) is 4.23. The summed E-state index contributed by atoms with van der Waals surface area (Å²) < 4.78 is 0.908. The highest BCUT2D eigenvalue weighted by Crippen LogP contribution is 2.21. The molecule has 1 atom stereocenters. The molecule has 1 amide bonds. The van der Waals surface area contributed by atoms with E-state index in [2.05, 4.69) is 33.9 Å². The number of nitrogens with one attached hydrogen (secondary N) is 1. The van der Waals surface area contributed by atoms with Gasteiger partial charge >= 0.3 is 0 Å². The van der Waals surface area contributed by atoms with Gasteiger partial charge in [-0.2, -0.15) is 0 Å². The van der Waals surface area contributed by atoms with Crippen molar-refractivity contribution >= 4 is 34.5 Å². The summed E-state index contributed by atoms with van der Waals surface area (Å²) >= 11 is 7.68. The zero-order chi connectivity index (χ0) is 13.8. The third-order valence-corrected chi connectivity index (χ3v) is 3.71. The number of hydrogen-bond donors (Lipinski definition) is 2. The third kappa shape index (κ3) is 3.61. The number of amides is 1. The molecule has 0 spiro atoms. The Hall–Kier alpha value is -1.26. The van der Waals surface area contributed by atoms with Crippen LogP contribution >= 0.6 is 28.6 Å². The topological polar surface area (TPSA) is 29.1 Å². The third-order valence-electron chi connectivity index (χ3n) is 2.85. The van der Waals surface area contributed by atoms with E-state index in [-0.39, 0.29) is 11.9 Å². The summed E-state index contributed by atoms with van der Waals surface area (Å²) in [5.41, 5.74) is 1.66. The maximum atomic E-state index is 12.2. The van der Waals surface area contributed by atoms with Crippen molar-refractivity contribution < 1.29 is 4.79 Å². The number of carbonyl (C=O) groups excluding carboxylic acids is 1. The second-order valence-corrected chi connectivity index (χ2v) is 5.66. The maximum Gasteiger partial charge on any atom is 0.252 e. The second kappa shape index (κ2) is 6.26. The summed E-state index contributed by atoms with van der Waals surface area (Å²) in [5.74, 6) is -0.117. The van der Waals surface area contributed by atoms with Crippen molar-refractivity contribution in [3.05, 3.63) is 64.1 Å². The Morgan fingerprint density at radius 3 is 2.53 bits per heavy atom. The molecule has 0 fully saturated rings. The zero-order valence-corrected chi connectivity index (χ0v) is 12.9. The van der Waals surface area contributed by atoms with Crippen LogP contribution in [0.2, 0.25) is 0 Å². The van der Waals surface area contributed by atoms with Gasteiger partial charge < -0.3 is 5.32 Å². The lowest BCUT2D eigenvalue weighted by molar-refractivity contribution is 0.0937. The van der Waals surface area contributed by atoms with Crippen LogP contribution in [0.15, 0.2) is 57.9 Å². The Bertz CT molecular complexity index is 586. The van der Waals surface area contributed by atoms with E-state index in [4.69, 9.17) is 0 Å². The molecule has 0 aliphatic rings. The maximum absolute atomic E-state index is 12.2. The Labute approximate surface area is 126 Å². The standard InChI is InChI=1S/C15H14BrNOS/c1-10(11-5-3-2-4-6-11)17-15(18)13-8-7-12(16)9-14(13)19/h2-10,19H,1H3,(H,17,18). The highest BCUT2D eigenvalue weighted by atomic mass is 79.9. The van der Waals surface area contributed by atoms with Gasteiger partial charge in [-0.3, -0.25) is 4.79 Å². The smallest absolute Gasteiger partial charge is 0.252 e. The first-order valence-electron chi connectivity index (χ1n) is 5.92. The fourth-order valence-corrected chi connectivity index (χ4v) is 2.65. The molecule has 4 heteroatoms. The molecule has 19 heavy (non-hydrogen) atoms. The molecule has 2 rings (SSSR count). The molecule has 1 unspecified atom stereocenters. The lowest BCUT2D eigenvalue weighted by Crippen LogP contribution is -2.26. The molecule has 2 aromatic carbocycles. The molecule has 0 bridgehead atoms. The van der Waals surface area contributed by atoms with Crippen LogP contribution in [0.4, 0.5) is 0 Å². The van der Waals surface area contributed by atoms with Crippen molar-refractivity contribution in [3.63, 3.8) is 0 Å². The van der Waals surface area contributed by atoms with Crippen molar-refractivity contribution in [1.29, 1.82) is 0 Å². The Kier molecular flexibility index (Phi) is 4.66. The molecule has 1 N–H and O–H groups in total. The van der Waals surface area contributed by atoms with Crippen LogP contribution in [0.1, 0.15) is 28.9 Å².